The molecule has 43 heavy (non-hydrogen) atoms. The Morgan fingerprint density at radius 3 is 1.35 bits per heavy atom. The molecule has 0 aliphatic rings. The van der Waals surface area contributed by atoms with Gasteiger partial charge in [-0.05, 0) is 76.9 Å². The van der Waals surface area contributed by atoms with E-state index >= 15 is 0 Å². The van der Waals surface area contributed by atoms with E-state index < -0.39 is 0 Å². The van der Waals surface area contributed by atoms with Gasteiger partial charge in [-0.1, -0.05) is 48.5 Å². The number of hydrogen-bond acceptors (Lipinski definition) is 5. The van der Waals surface area contributed by atoms with Crippen LogP contribution in [0.25, 0.3) is 31.9 Å². The maximum atomic E-state index is 9.68. The topological polar surface area (TPSA) is 107 Å². The molecule has 196 valence electrons. The average molecular weight is 548 g/mol. The third kappa shape index (κ3) is 5.35. The molecule has 0 radical (unpaired) electrons. The van der Waals surface area contributed by atoms with Crippen LogP contribution in [0.4, 0.5) is 28.4 Å². The summed E-state index contributed by atoms with van der Waals surface area (Å²) in [6.45, 7) is 14.7. The molecular formula is C36H17N7. The Kier molecular flexibility index (Phi) is 7.60. The first kappa shape index (κ1) is 27.4. The van der Waals surface area contributed by atoms with Gasteiger partial charge in [0, 0.05) is 17.1 Å². The standard InChI is InChI=1S/C36H17N7/c1-41-35-16-10-27(19-36(35)42-2)25-7-13-33(14-8-25)43(34-15-9-29(21-38)31(18-34)23-40)32-11-5-24(6-12-32)26-3-4-28(20-37)30(17-26)22-39/h3-19H. The van der Waals surface area contributed by atoms with E-state index in [0.717, 1.165) is 33.6 Å². The molecular weight excluding hydrogens is 530 g/mol. The van der Waals surface area contributed by atoms with Gasteiger partial charge in [0.15, 0.2) is 11.4 Å². The van der Waals surface area contributed by atoms with E-state index in [2.05, 4.69) is 27.9 Å². The summed E-state index contributed by atoms with van der Waals surface area (Å²) < 4.78 is 0. The van der Waals surface area contributed by atoms with Crippen molar-refractivity contribution in [2.24, 2.45) is 0 Å². The zero-order valence-electron chi connectivity index (χ0n) is 22.4. The van der Waals surface area contributed by atoms with E-state index in [9.17, 15) is 21.0 Å². The minimum Gasteiger partial charge on any atom is -0.310 e. The van der Waals surface area contributed by atoms with Crippen LogP contribution in [-0.4, -0.2) is 0 Å². The molecule has 5 aromatic rings. The zero-order chi connectivity index (χ0) is 30.3. The molecule has 0 atom stereocenters. The second-order valence-corrected chi connectivity index (χ2v) is 9.29. The lowest BCUT2D eigenvalue weighted by atomic mass is 9.99. The molecule has 0 aliphatic heterocycles. The number of nitriles is 4. The maximum absolute atomic E-state index is 9.68. The predicted octanol–water partition coefficient (Wildman–Crippen LogP) is 9.08. The second kappa shape index (κ2) is 11.9. The lowest BCUT2D eigenvalue weighted by Gasteiger charge is -2.26. The van der Waals surface area contributed by atoms with E-state index in [-0.39, 0.29) is 11.1 Å². The normalized spacial score (nSPS) is 9.72. The molecule has 0 saturated heterocycles. The Labute approximate surface area is 248 Å². The highest BCUT2D eigenvalue weighted by molar-refractivity contribution is 5.83. The predicted molar refractivity (Wildman–Crippen MR) is 163 cm³/mol. The van der Waals surface area contributed by atoms with Gasteiger partial charge in [-0.15, -0.1) is 0 Å². The van der Waals surface area contributed by atoms with Gasteiger partial charge in [0.2, 0.25) is 0 Å². The van der Waals surface area contributed by atoms with Crippen molar-refractivity contribution in [1.29, 1.82) is 21.0 Å². The number of hydrogen-bond donors (Lipinski definition) is 0. The highest BCUT2D eigenvalue weighted by atomic mass is 15.1. The summed E-state index contributed by atoms with van der Waals surface area (Å²) in [7, 11) is 0. The molecule has 5 rings (SSSR count). The highest BCUT2D eigenvalue weighted by Crippen LogP contribution is 2.39. The van der Waals surface area contributed by atoms with Crippen LogP contribution in [0.3, 0.4) is 0 Å². The molecule has 0 saturated carbocycles. The van der Waals surface area contributed by atoms with Gasteiger partial charge in [0.1, 0.15) is 24.3 Å². The van der Waals surface area contributed by atoms with Crippen LogP contribution in [0.2, 0.25) is 0 Å². The molecule has 0 unspecified atom stereocenters. The summed E-state index contributed by atoms with van der Waals surface area (Å²) in [6.07, 6.45) is 0. The summed E-state index contributed by atoms with van der Waals surface area (Å²) in [5.41, 5.74) is 7.36. The van der Waals surface area contributed by atoms with Gasteiger partial charge in [0.25, 0.3) is 0 Å². The van der Waals surface area contributed by atoms with E-state index in [1.165, 1.54) is 0 Å². The van der Waals surface area contributed by atoms with Gasteiger partial charge < -0.3 is 4.90 Å². The Bertz CT molecular complexity index is 2020. The molecule has 0 fully saturated rings. The number of anilines is 3. The van der Waals surface area contributed by atoms with Gasteiger partial charge >= 0.3 is 0 Å². The summed E-state index contributed by atoms with van der Waals surface area (Å²) >= 11 is 0. The summed E-state index contributed by atoms with van der Waals surface area (Å²) in [6, 6.07) is 39.0. The van der Waals surface area contributed by atoms with Crippen molar-refractivity contribution in [2.75, 3.05) is 4.90 Å². The minimum atomic E-state index is 0.256. The van der Waals surface area contributed by atoms with Gasteiger partial charge in [0.05, 0.1) is 35.4 Å². The molecule has 0 amide bonds. The minimum absolute atomic E-state index is 0.256. The fourth-order valence-electron chi connectivity index (χ4n) is 4.72. The van der Waals surface area contributed by atoms with Crippen molar-refractivity contribution in [3.8, 4) is 46.5 Å². The van der Waals surface area contributed by atoms with Crippen LogP contribution >= 0.6 is 0 Å². The summed E-state index contributed by atoms with van der Waals surface area (Å²) in [4.78, 5) is 8.85. The summed E-state index contributed by atoms with van der Waals surface area (Å²) in [5, 5.41) is 37.8. The Morgan fingerprint density at radius 1 is 0.419 bits per heavy atom. The number of benzene rings is 5. The Hall–Kier alpha value is -7.16. The van der Waals surface area contributed by atoms with E-state index in [0.29, 0.717) is 28.2 Å². The van der Waals surface area contributed by atoms with Crippen LogP contribution in [0.1, 0.15) is 22.3 Å². The van der Waals surface area contributed by atoms with E-state index in [1.807, 2.05) is 65.6 Å². The van der Waals surface area contributed by atoms with Crippen molar-refractivity contribution in [3.05, 3.63) is 148 Å². The summed E-state index contributed by atoms with van der Waals surface area (Å²) in [5.74, 6) is 0. The van der Waals surface area contributed by atoms with Crippen LogP contribution in [0, 0.1) is 58.5 Å². The molecule has 0 aromatic heterocycles. The SMILES string of the molecule is [C-]#[N+]c1ccc(-c2ccc(N(c3ccc(-c4ccc(C#N)c(C#N)c4)cc3)c3ccc(C#N)c(C#N)c3)cc2)cc1[N+]#[C-]. The number of rotatable bonds is 5. The van der Waals surface area contributed by atoms with Crippen LogP contribution in [-0.2, 0) is 0 Å². The molecule has 0 heterocycles. The van der Waals surface area contributed by atoms with Crippen molar-refractivity contribution >= 4 is 28.4 Å². The van der Waals surface area contributed by atoms with Crippen LogP contribution in [0.5, 0.6) is 0 Å². The molecule has 7 heteroatoms. The molecule has 0 bridgehead atoms. The lowest BCUT2D eigenvalue weighted by Crippen LogP contribution is -2.10. The smallest absolute Gasteiger partial charge is 0.195 e. The maximum Gasteiger partial charge on any atom is 0.195 e. The average Bonchev–Trinajstić information content (AvgIpc) is 3.08. The first-order chi connectivity index (χ1) is 21.0. The van der Waals surface area contributed by atoms with Crippen LogP contribution < -0.4 is 4.90 Å². The first-order valence-corrected chi connectivity index (χ1v) is 12.8. The molecule has 0 spiro atoms. The quantitative estimate of drug-likeness (QED) is 0.204. The second-order valence-electron chi connectivity index (χ2n) is 9.29. The van der Waals surface area contributed by atoms with Crippen LogP contribution in [0.15, 0.2) is 103 Å². The molecule has 7 nitrogen and oxygen atoms in total. The lowest BCUT2D eigenvalue weighted by molar-refractivity contribution is 1.27. The zero-order valence-corrected chi connectivity index (χ0v) is 22.4. The van der Waals surface area contributed by atoms with Crippen molar-refractivity contribution in [3.63, 3.8) is 0 Å². The van der Waals surface area contributed by atoms with E-state index in [1.54, 1.807) is 48.5 Å². The first-order valence-electron chi connectivity index (χ1n) is 12.8. The Balaban J connectivity index is 1.58. The Morgan fingerprint density at radius 2 is 0.837 bits per heavy atom. The third-order valence-electron chi connectivity index (χ3n) is 6.90. The third-order valence-corrected chi connectivity index (χ3v) is 6.90. The van der Waals surface area contributed by atoms with Crippen molar-refractivity contribution < 1.29 is 0 Å². The van der Waals surface area contributed by atoms with Crippen molar-refractivity contribution in [1.82, 2.24) is 0 Å². The van der Waals surface area contributed by atoms with Gasteiger partial charge in [-0.25, -0.2) is 0 Å². The molecule has 0 N–H and O–H groups in total. The van der Waals surface area contributed by atoms with E-state index in [4.69, 9.17) is 13.1 Å². The molecule has 5 aromatic carbocycles. The number of nitrogens with zero attached hydrogens (tertiary/aromatic N) is 7. The molecule has 0 aliphatic carbocycles. The highest BCUT2D eigenvalue weighted by Gasteiger charge is 2.16. The van der Waals surface area contributed by atoms with Gasteiger partial charge in [-0.2, -0.15) is 21.0 Å². The largest absolute Gasteiger partial charge is 0.310 e. The van der Waals surface area contributed by atoms with Crippen molar-refractivity contribution in [2.45, 2.75) is 0 Å². The fraction of sp³-hybridized carbons (Fsp3) is 0. The van der Waals surface area contributed by atoms with Gasteiger partial charge in [-0.3, -0.25) is 9.69 Å². The monoisotopic (exact) mass is 547 g/mol. The fourth-order valence-corrected chi connectivity index (χ4v) is 4.72.